The van der Waals surface area contributed by atoms with Gasteiger partial charge < -0.3 is 15.5 Å². The van der Waals surface area contributed by atoms with Crippen molar-refractivity contribution in [1.29, 1.82) is 0 Å². The minimum Gasteiger partial charge on any atom is -0.497 e. The van der Waals surface area contributed by atoms with Gasteiger partial charge in [0.05, 0.1) is 7.11 Å². The van der Waals surface area contributed by atoms with E-state index in [9.17, 15) is 0 Å². The predicted molar refractivity (Wildman–Crippen MR) is 78.2 cm³/mol. The Bertz CT molecular complexity index is 705. The lowest BCUT2D eigenvalue weighted by molar-refractivity contribution is 0.415. The molecule has 20 heavy (non-hydrogen) atoms. The fourth-order valence-electron chi connectivity index (χ4n) is 2.06. The second kappa shape index (κ2) is 5.05. The molecule has 5 nitrogen and oxygen atoms in total. The van der Waals surface area contributed by atoms with Gasteiger partial charge in [-0.15, -0.1) is 10.2 Å². The summed E-state index contributed by atoms with van der Waals surface area (Å²) in [6.45, 7) is 0. The molecule has 0 unspecified atom stereocenters. The van der Waals surface area contributed by atoms with Gasteiger partial charge in [-0.2, -0.15) is 0 Å². The van der Waals surface area contributed by atoms with Crippen LogP contribution in [0.2, 0.25) is 0 Å². The first-order valence-electron chi connectivity index (χ1n) is 6.18. The van der Waals surface area contributed by atoms with Gasteiger partial charge in [-0.05, 0) is 35.4 Å². The van der Waals surface area contributed by atoms with E-state index in [1.54, 1.807) is 7.11 Å². The molecule has 0 radical (unpaired) electrons. The number of methoxy groups -OCH3 is 1. The Morgan fingerprint density at radius 2 is 1.80 bits per heavy atom. The quantitative estimate of drug-likeness (QED) is 0.715. The second-order valence-electron chi connectivity index (χ2n) is 4.37. The molecule has 0 saturated carbocycles. The highest BCUT2D eigenvalue weighted by Crippen LogP contribution is 2.29. The van der Waals surface area contributed by atoms with Gasteiger partial charge in [0.1, 0.15) is 12.1 Å². The van der Waals surface area contributed by atoms with Crippen LogP contribution in [0.15, 0.2) is 48.8 Å². The van der Waals surface area contributed by atoms with Gasteiger partial charge in [-0.25, -0.2) is 0 Å². The van der Waals surface area contributed by atoms with E-state index in [2.05, 4.69) is 15.2 Å². The molecule has 100 valence electrons. The Morgan fingerprint density at radius 1 is 1.05 bits per heavy atom. The third-order valence-electron chi connectivity index (χ3n) is 3.15. The van der Waals surface area contributed by atoms with Crippen LogP contribution in [0.1, 0.15) is 0 Å². The Hall–Kier alpha value is -2.82. The summed E-state index contributed by atoms with van der Waals surface area (Å²) in [6, 6.07) is 13.7. The lowest BCUT2D eigenvalue weighted by Crippen LogP contribution is -1.92. The third kappa shape index (κ3) is 2.21. The van der Waals surface area contributed by atoms with E-state index in [1.165, 1.54) is 6.33 Å². The van der Waals surface area contributed by atoms with Crippen molar-refractivity contribution in [3.8, 4) is 28.3 Å². The number of nitrogens with one attached hydrogen (secondary N) is 1. The summed E-state index contributed by atoms with van der Waals surface area (Å²) in [7, 11) is 1.65. The van der Waals surface area contributed by atoms with Crippen molar-refractivity contribution in [2.24, 2.45) is 0 Å². The van der Waals surface area contributed by atoms with E-state index < -0.39 is 0 Å². The van der Waals surface area contributed by atoms with Gasteiger partial charge in [0.2, 0.25) is 0 Å². The van der Waals surface area contributed by atoms with Crippen LogP contribution in [-0.2, 0) is 0 Å². The fraction of sp³-hybridized carbons (Fsp3) is 0.0667. The number of hydrogen-bond acceptors (Lipinski definition) is 4. The number of benzene rings is 2. The van der Waals surface area contributed by atoms with Crippen molar-refractivity contribution in [3.05, 3.63) is 48.8 Å². The fourth-order valence-corrected chi connectivity index (χ4v) is 2.06. The Balaban J connectivity index is 2.04. The van der Waals surface area contributed by atoms with Crippen molar-refractivity contribution in [2.75, 3.05) is 12.8 Å². The van der Waals surface area contributed by atoms with E-state index >= 15 is 0 Å². The summed E-state index contributed by atoms with van der Waals surface area (Å²) in [5.41, 5.74) is 9.66. The number of anilines is 1. The maximum Gasteiger partial charge on any atom is 0.163 e. The number of rotatable bonds is 3. The van der Waals surface area contributed by atoms with Gasteiger partial charge in [0.25, 0.3) is 0 Å². The monoisotopic (exact) mass is 266 g/mol. The largest absolute Gasteiger partial charge is 0.497 e. The van der Waals surface area contributed by atoms with Crippen molar-refractivity contribution >= 4 is 5.69 Å². The number of nitrogen functional groups attached to an aromatic ring is 1. The number of aromatic amines is 1. The average Bonchev–Trinajstić information content (AvgIpc) is 3.02. The smallest absolute Gasteiger partial charge is 0.163 e. The second-order valence-corrected chi connectivity index (χ2v) is 4.37. The zero-order chi connectivity index (χ0) is 13.9. The van der Waals surface area contributed by atoms with Gasteiger partial charge in [-0.3, -0.25) is 0 Å². The van der Waals surface area contributed by atoms with Crippen LogP contribution in [0.3, 0.4) is 0 Å². The van der Waals surface area contributed by atoms with Crippen LogP contribution < -0.4 is 10.5 Å². The van der Waals surface area contributed by atoms with E-state index in [-0.39, 0.29) is 0 Å². The third-order valence-corrected chi connectivity index (χ3v) is 3.15. The summed E-state index contributed by atoms with van der Waals surface area (Å²) in [5.74, 6) is 1.50. The zero-order valence-electron chi connectivity index (χ0n) is 11.0. The highest BCUT2D eigenvalue weighted by molar-refractivity contribution is 5.78. The molecule has 0 saturated heterocycles. The maximum absolute atomic E-state index is 6.00. The van der Waals surface area contributed by atoms with E-state index in [1.807, 2.05) is 42.5 Å². The normalized spacial score (nSPS) is 10.4. The molecule has 0 aliphatic rings. The Kier molecular flexibility index (Phi) is 3.09. The molecule has 1 heterocycles. The first kappa shape index (κ1) is 12.2. The zero-order valence-corrected chi connectivity index (χ0v) is 11.0. The number of nitrogens with two attached hydrogens (primary N) is 1. The molecular formula is C15H14N4O. The molecule has 0 spiro atoms. The lowest BCUT2D eigenvalue weighted by atomic mass is 10.0. The Labute approximate surface area is 116 Å². The summed E-state index contributed by atoms with van der Waals surface area (Å²) in [5, 5.41) is 7.79. The number of aromatic nitrogens is 3. The molecule has 3 aromatic rings. The SMILES string of the molecule is COc1ccc(-c2ccc(N)c(-c3nnc[nH]3)c2)cc1. The van der Waals surface area contributed by atoms with Crippen LogP contribution in [0.5, 0.6) is 5.75 Å². The standard InChI is InChI=1S/C15H14N4O/c1-20-12-5-2-10(3-6-12)11-4-7-14(16)13(8-11)15-17-9-18-19-15/h2-9H,16H2,1H3,(H,17,18,19). The van der Waals surface area contributed by atoms with Crippen molar-refractivity contribution < 1.29 is 4.74 Å². The molecule has 0 fully saturated rings. The van der Waals surface area contributed by atoms with Crippen molar-refractivity contribution in [3.63, 3.8) is 0 Å². The van der Waals surface area contributed by atoms with Gasteiger partial charge >= 0.3 is 0 Å². The summed E-state index contributed by atoms with van der Waals surface area (Å²) in [6.07, 6.45) is 1.54. The number of nitrogens with zero attached hydrogens (tertiary/aromatic N) is 2. The molecule has 0 bridgehead atoms. The molecule has 2 aromatic carbocycles. The van der Waals surface area contributed by atoms with E-state index in [0.717, 1.165) is 22.4 Å². The van der Waals surface area contributed by atoms with Crippen LogP contribution in [0.25, 0.3) is 22.5 Å². The van der Waals surface area contributed by atoms with Gasteiger partial charge in [-0.1, -0.05) is 18.2 Å². The first-order chi connectivity index (χ1) is 9.78. The van der Waals surface area contributed by atoms with Crippen LogP contribution in [0, 0.1) is 0 Å². The van der Waals surface area contributed by atoms with Crippen LogP contribution in [-0.4, -0.2) is 22.3 Å². The Morgan fingerprint density at radius 3 is 2.45 bits per heavy atom. The number of ether oxygens (including phenoxy) is 1. The molecule has 0 amide bonds. The van der Waals surface area contributed by atoms with Gasteiger partial charge in [0.15, 0.2) is 5.82 Å². The summed E-state index contributed by atoms with van der Waals surface area (Å²) in [4.78, 5) is 2.97. The van der Waals surface area contributed by atoms with Crippen molar-refractivity contribution in [1.82, 2.24) is 15.2 Å². The minimum absolute atomic E-state index is 0.665. The molecule has 5 heteroatoms. The summed E-state index contributed by atoms with van der Waals surface area (Å²) < 4.78 is 5.16. The number of hydrogen-bond donors (Lipinski definition) is 2. The molecule has 0 aliphatic heterocycles. The molecule has 3 N–H and O–H groups in total. The molecule has 3 rings (SSSR count). The average molecular weight is 266 g/mol. The van der Waals surface area contributed by atoms with E-state index in [4.69, 9.17) is 10.5 Å². The molecule has 1 aromatic heterocycles. The number of H-pyrrole nitrogens is 1. The summed E-state index contributed by atoms with van der Waals surface area (Å²) >= 11 is 0. The highest BCUT2D eigenvalue weighted by atomic mass is 16.5. The van der Waals surface area contributed by atoms with Crippen LogP contribution >= 0.6 is 0 Å². The van der Waals surface area contributed by atoms with Crippen LogP contribution in [0.4, 0.5) is 5.69 Å². The molecular weight excluding hydrogens is 252 g/mol. The maximum atomic E-state index is 6.00. The minimum atomic E-state index is 0.665. The lowest BCUT2D eigenvalue weighted by Gasteiger charge is -2.07. The topological polar surface area (TPSA) is 76.8 Å². The highest BCUT2D eigenvalue weighted by Gasteiger charge is 2.08. The van der Waals surface area contributed by atoms with E-state index in [0.29, 0.717) is 11.5 Å². The van der Waals surface area contributed by atoms with Gasteiger partial charge in [0, 0.05) is 11.3 Å². The molecule has 0 aliphatic carbocycles. The van der Waals surface area contributed by atoms with Crippen molar-refractivity contribution in [2.45, 2.75) is 0 Å². The predicted octanol–water partition coefficient (Wildman–Crippen LogP) is 2.73. The first-order valence-corrected chi connectivity index (χ1v) is 6.18. The molecule has 0 atom stereocenters.